The molecular weight excluding hydrogens is 542 g/mol. The second-order valence-electron chi connectivity index (χ2n) is 9.84. The Balaban J connectivity index is 2.50. The van der Waals surface area contributed by atoms with E-state index in [9.17, 15) is 29.1 Å². The molecule has 230 valence electrons. The molecule has 0 bridgehead atoms. The van der Waals surface area contributed by atoms with E-state index in [0.717, 1.165) is 61.3 Å². The smallest absolute Gasteiger partial charge is 0.333 e. The van der Waals surface area contributed by atoms with Gasteiger partial charge >= 0.3 is 23.6 Å². The molecule has 1 N–H and O–H groups in total. The highest BCUT2D eigenvalue weighted by atomic mass is 16.7. The first-order valence-corrected chi connectivity index (χ1v) is 13.7. The molecule has 1 saturated heterocycles. The quantitative estimate of drug-likeness (QED) is 0.144. The van der Waals surface area contributed by atoms with E-state index < -0.39 is 65.7 Å². The summed E-state index contributed by atoms with van der Waals surface area (Å²) in [7, 11) is 2.53. The Labute approximate surface area is 238 Å². The van der Waals surface area contributed by atoms with Gasteiger partial charge in [0.05, 0.1) is 0 Å². The third kappa shape index (κ3) is 9.52. The number of aromatic nitrogens is 2. The Morgan fingerprint density at radius 3 is 2.15 bits per heavy atom. The summed E-state index contributed by atoms with van der Waals surface area (Å²) in [6, 6.07) is -1.18. The molecule has 14 heteroatoms. The van der Waals surface area contributed by atoms with Crippen LogP contribution in [0.4, 0.5) is 0 Å². The van der Waals surface area contributed by atoms with Gasteiger partial charge < -0.3 is 28.8 Å². The minimum absolute atomic E-state index is 0.251. The van der Waals surface area contributed by atoms with Gasteiger partial charge in [0.15, 0.2) is 18.5 Å². The van der Waals surface area contributed by atoms with Crippen molar-refractivity contribution in [3.8, 4) is 5.88 Å². The van der Waals surface area contributed by atoms with Gasteiger partial charge in [-0.3, -0.25) is 33.3 Å². The van der Waals surface area contributed by atoms with Crippen LogP contribution in [0.2, 0.25) is 0 Å². The zero-order valence-electron chi connectivity index (χ0n) is 24.5. The topological polar surface area (TPSA) is 174 Å². The van der Waals surface area contributed by atoms with Crippen molar-refractivity contribution in [2.45, 2.75) is 96.9 Å². The maximum atomic E-state index is 12.7. The van der Waals surface area contributed by atoms with Crippen LogP contribution in [0.5, 0.6) is 5.88 Å². The summed E-state index contributed by atoms with van der Waals surface area (Å²) >= 11 is 0. The Morgan fingerprint density at radius 2 is 1.54 bits per heavy atom. The van der Waals surface area contributed by atoms with Crippen molar-refractivity contribution in [1.82, 2.24) is 9.13 Å². The maximum Gasteiger partial charge on any atom is 0.333 e. The van der Waals surface area contributed by atoms with E-state index in [0.29, 0.717) is 6.42 Å². The summed E-state index contributed by atoms with van der Waals surface area (Å²) in [5, 5.41) is 10.5. The summed E-state index contributed by atoms with van der Waals surface area (Å²) in [4.78, 5) is 65.0. The first-order valence-electron chi connectivity index (χ1n) is 13.7. The van der Waals surface area contributed by atoms with Crippen LogP contribution in [-0.2, 0) is 52.2 Å². The molecule has 0 unspecified atom stereocenters. The van der Waals surface area contributed by atoms with E-state index in [-0.39, 0.29) is 18.8 Å². The standard InChI is InChI=1S/C27H41N3O11/c1-7-8-9-10-11-12-13-37-26-21(28-14-19-24(34)29(5)27(36)30(6)25(19)35)23(40-18(4)33)22(39-17(3)32)20(41-26)15-38-16(2)31/h14,20-23,26,34H,7-13,15H2,1-6H3/t20-,21-,22-,23-,26+/m1/s1. The van der Waals surface area contributed by atoms with Crippen LogP contribution in [0, 0.1) is 0 Å². The van der Waals surface area contributed by atoms with E-state index in [4.69, 9.17) is 23.7 Å². The zero-order valence-corrected chi connectivity index (χ0v) is 24.5. The molecule has 5 atom stereocenters. The van der Waals surface area contributed by atoms with Crippen LogP contribution < -0.4 is 11.2 Å². The molecule has 2 heterocycles. The summed E-state index contributed by atoms with van der Waals surface area (Å²) in [5.41, 5.74) is -1.87. The molecule has 0 spiro atoms. The van der Waals surface area contributed by atoms with Crippen LogP contribution >= 0.6 is 0 Å². The maximum absolute atomic E-state index is 12.7. The number of hydrogen-bond donors (Lipinski definition) is 1. The van der Waals surface area contributed by atoms with Gasteiger partial charge in [-0.1, -0.05) is 39.0 Å². The molecule has 14 nitrogen and oxygen atoms in total. The summed E-state index contributed by atoms with van der Waals surface area (Å²) in [6.07, 6.45) is 2.21. The number of ether oxygens (including phenoxy) is 5. The van der Waals surface area contributed by atoms with Crippen LogP contribution in [0.1, 0.15) is 71.8 Å². The number of aliphatic imine (C=N–C) groups is 1. The predicted octanol–water partition coefficient (Wildman–Crippen LogP) is 1.11. The van der Waals surface area contributed by atoms with Crippen LogP contribution in [0.15, 0.2) is 14.6 Å². The Hall–Kier alpha value is -3.52. The number of carbonyl (C=O) groups excluding carboxylic acids is 3. The SMILES string of the molecule is CCCCCCCCO[C@H]1O[C@H](COC(C)=O)[C@@H](OC(C)=O)[C@H](OC(C)=O)[C@H]1N=Cc1c(O)n(C)c(=O)n(C)c1=O. The lowest BCUT2D eigenvalue weighted by Gasteiger charge is -2.43. The highest BCUT2D eigenvalue weighted by molar-refractivity contribution is 5.82. The monoisotopic (exact) mass is 583 g/mol. The van der Waals surface area contributed by atoms with Crippen molar-refractivity contribution in [3.05, 3.63) is 26.4 Å². The highest BCUT2D eigenvalue weighted by Crippen LogP contribution is 2.30. The molecule has 1 aromatic heterocycles. The van der Waals surface area contributed by atoms with Crippen molar-refractivity contribution in [1.29, 1.82) is 0 Å². The van der Waals surface area contributed by atoms with Gasteiger partial charge in [-0.05, 0) is 6.42 Å². The fraction of sp³-hybridized carbons (Fsp3) is 0.704. The third-order valence-electron chi connectivity index (χ3n) is 6.49. The molecule has 0 radical (unpaired) electrons. The van der Waals surface area contributed by atoms with Crippen molar-refractivity contribution in [2.24, 2.45) is 19.1 Å². The molecule has 1 fully saturated rings. The van der Waals surface area contributed by atoms with Crippen molar-refractivity contribution < 1.29 is 43.2 Å². The van der Waals surface area contributed by atoms with E-state index in [1.807, 2.05) is 0 Å². The molecule has 2 rings (SSSR count). The second kappa shape index (κ2) is 16.1. The zero-order chi connectivity index (χ0) is 30.7. The van der Waals surface area contributed by atoms with Crippen molar-refractivity contribution in [3.63, 3.8) is 0 Å². The van der Waals surface area contributed by atoms with Gasteiger partial charge in [0.2, 0.25) is 5.88 Å². The van der Waals surface area contributed by atoms with E-state index in [1.54, 1.807) is 0 Å². The number of hydrogen-bond acceptors (Lipinski definition) is 12. The number of aromatic hydroxyl groups is 1. The fourth-order valence-electron chi connectivity index (χ4n) is 4.40. The molecule has 0 aliphatic carbocycles. The van der Waals surface area contributed by atoms with Gasteiger partial charge in [0, 0.05) is 47.7 Å². The number of rotatable bonds is 14. The minimum Gasteiger partial charge on any atom is -0.494 e. The highest BCUT2D eigenvalue weighted by Gasteiger charge is 2.51. The lowest BCUT2D eigenvalue weighted by Crippen LogP contribution is -2.61. The molecule has 41 heavy (non-hydrogen) atoms. The average molecular weight is 584 g/mol. The molecule has 0 amide bonds. The van der Waals surface area contributed by atoms with Gasteiger partial charge in [-0.2, -0.15) is 0 Å². The largest absolute Gasteiger partial charge is 0.494 e. The molecule has 1 aliphatic rings. The predicted molar refractivity (Wildman–Crippen MR) is 146 cm³/mol. The molecule has 0 saturated carbocycles. The third-order valence-corrected chi connectivity index (χ3v) is 6.49. The fourth-order valence-corrected chi connectivity index (χ4v) is 4.40. The average Bonchev–Trinajstić information content (AvgIpc) is 2.91. The number of unbranched alkanes of at least 4 members (excludes halogenated alkanes) is 5. The lowest BCUT2D eigenvalue weighted by molar-refractivity contribution is -0.273. The van der Waals surface area contributed by atoms with Crippen molar-refractivity contribution in [2.75, 3.05) is 13.2 Å². The molecular formula is C27H41N3O11. The molecule has 1 aromatic rings. The van der Waals surface area contributed by atoms with E-state index in [1.165, 1.54) is 21.0 Å². The Morgan fingerprint density at radius 1 is 0.927 bits per heavy atom. The van der Waals surface area contributed by atoms with Crippen LogP contribution in [0.3, 0.4) is 0 Å². The summed E-state index contributed by atoms with van der Waals surface area (Å²) in [6.45, 7) is 5.56. The van der Waals surface area contributed by atoms with Crippen LogP contribution in [0.25, 0.3) is 0 Å². The van der Waals surface area contributed by atoms with E-state index >= 15 is 0 Å². The minimum atomic E-state index is -1.28. The van der Waals surface area contributed by atoms with Gasteiger partial charge in [-0.25, -0.2) is 4.79 Å². The molecule has 0 aromatic carbocycles. The Kier molecular flexibility index (Phi) is 13.2. The Bertz CT molecular complexity index is 1210. The van der Waals surface area contributed by atoms with E-state index in [2.05, 4.69) is 11.9 Å². The second-order valence-corrected chi connectivity index (χ2v) is 9.84. The van der Waals surface area contributed by atoms with Gasteiger partial charge in [0.1, 0.15) is 24.3 Å². The van der Waals surface area contributed by atoms with Gasteiger partial charge in [0.25, 0.3) is 5.56 Å². The number of nitrogens with zero attached hydrogens (tertiary/aromatic N) is 3. The first kappa shape index (κ1) is 33.7. The van der Waals surface area contributed by atoms with Gasteiger partial charge in [-0.15, -0.1) is 0 Å². The normalized spacial score (nSPS) is 22.4. The number of esters is 3. The first-order chi connectivity index (χ1) is 19.4. The molecule has 1 aliphatic heterocycles. The number of carbonyl (C=O) groups is 3. The summed E-state index contributed by atoms with van der Waals surface area (Å²) in [5.74, 6) is -2.68. The summed E-state index contributed by atoms with van der Waals surface area (Å²) < 4.78 is 29.8. The van der Waals surface area contributed by atoms with Crippen molar-refractivity contribution >= 4 is 24.1 Å². The lowest BCUT2D eigenvalue weighted by atomic mass is 9.96. The van der Waals surface area contributed by atoms with Crippen LogP contribution in [-0.4, -0.2) is 82.2 Å².